The number of anilines is 4. The smallest absolute Gasteiger partial charge is 0.255 e. The summed E-state index contributed by atoms with van der Waals surface area (Å²) in [5, 5.41) is 11.3. The average Bonchev–Trinajstić information content (AvgIpc) is 3.37. The first kappa shape index (κ1) is 57.4. The van der Waals surface area contributed by atoms with Crippen LogP contribution in [0.25, 0.3) is 21.5 Å². The molecule has 6 N–H and O–H groups in total. The Hall–Kier alpha value is -6.93. The number of nitrogens with two attached hydrogens (primary N) is 2. The van der Waals surface area contributed by atoms with Gasteiger partial charge in [-0.3, -0.25) is 9.59 Å². The van der Waals surface area contributed by atoms with Crippen LogP contribution >= 0.6 is 69.0 Å². The van der Waals surface area contributed by atoms with Crippen LogP contribution < -0.4 is 31.6 Å². The number of nitrogens with zero attached hydrogens (tertiary/aromatic N) is 6. The van der Waals surface area contributed by atoms with Gasteiger partial charge in [0.05, 0.1) is 32.9 Å². The molecule has 8 rings (SSSR count). The van der Waals surface area contributed by atoms with E-state index in [1.54, 1.807) is 54.9 Å². The van der Waals surface area contributed by atoms with Crippen LogP contribution in [0.3, 0.4) is 0 Å². The van der Waals surface area contributed by atoms with E-state index in [1.165, 1.54) is 12.4 Å². The van der Waals surface area contributed by atoms with E-state index in [2.05, 4.69) is 70.9 Å². The van der Waals surface area contributed by atoms with Gasteiger partial charge in [-0.15, -0.1) is 6.42 Å². The molecule has 0 unspecified atom stereocenters. The predicted octanol–water partition coefficient (Wildman–Crippen LogP) is 11.7. The quantitative estimate of drug-likeness (QED) is 0.0671. The first-order chi connectivity index (χ1) is 35.8. The zero-order valence-corrected chi connectivity index (χ0v) is 46.8. The second kappa shape index (κ2) is 27.0. The number of carbonyl (C=O) groups is 2. The van der Waals surface area contributed by atoms with Gasteiger partial charge < -0.3 is 41.4 Å². The maximum atomic E-state index is 12.9. The molecule has 4 aromatic heterocycles. The average molecular weight is 1200 g/mol. The maximum absolute atomic E-state index is 12.9. The summed E-state index contributed by atoms with van der Waals surface area (Å²) >= 11 is 26.7. The summed E-state index contributed by atoms with van der Waals surface area (Å²) in [6.45, 7) is 6.23. The molecular weight excluding hydrogens is 1150 g/mol. The number of nitrogen functional groups attached to an aromatic ring is 2. The molecule has 0 aliphatic heterocycles. The molecule has 4 heterocycles. The molecule has 0 fully saturated rings. The lowest BCUT2D eigenvalue weighted by Gasteiger charge is -2.12. The molecule has 384 valence electrons. The van der Waals surface area contributed by atoms with E-state index in [9.17, 15) is 9.59 Å². The number of rotatable bonds is 12. The first-order valence-electron chi connectivity index (χ1n) is 22.8. The van der Waals surface area contributed by atoms with Gasteiger partial charge in [-0.1, -0.05) is 88.4 Å². The monoisotopic (exact) mass is 1190 g/mol. The van der Waals surface area contributed by atoms with Crippen LogP contribution in [0.4, 0.5) is 23.0 Å². The van der Waals surface area contributed by atoms with Gasteiger partial charge in [-0.05, 0) is 136 Å². The normalized spacial score (nSPS) is 10.6. The Labute approximate surface area is 469 Å². The molecule has 14 nitrogen and oxygen atoms in total. The predicted molar refractivity (Wildman–Crippen MR) is 314 cm³/mol. The lowest BCUT2D eigenvalue weighted by Crippen LogP contribution is -2.19. The van der Waals surface area contributed by atoms with Crippen molar-refractivity contribution in [2.75, 3.05) is 76.6 Å². The van der Waals surface area contributed by atoms with Crippen molar-refractivity contribution in [1.29, 1.82) is 0 Å². The maximum Gasteiger partial charge on any atom is 0.255 e. The third-order valence-electron chi connectivity index (χ3n) is 10.9. The molecule has 0 saturated heterocycles. The van der Waals surface area contributed by atoms with Gasteiger partial charge in [-0.25, -0.2) is 19.9 Å². The van der Waals surface area contributed by atoms with E-state index in [1.807, 2.05) is 94.3 Å². The minimum absolute atomic E-state index is 0.282. The van der Waals surface area contributed by atoms with Crippen LogP contribution in [0.15, 0.2) is 110 Å². The van der Waals surface area contributed by atoms with Gasteiger partial charge in [-0.2, -0.15) is 0 Å². The summed E-state index contributed by atoms with van der Waals surface area (Å²) in [7, 11) is 7.80. The Morgan fingerprint density at radius 3 is 1.57 bits per heavy atom. The molecule has 0 saturated carbocycles. The summed E-state index contributed by atoms with van der Waals surface area (Å²) in [4.78, 5) is 46.0. The molecule has 0 spiro atoms. The topological polar surface area (TPSA) is 187 Å². The van der Waals surface area contributed by atoms with Gasteiger partial charge >= 0.3 is 0 Å². The van der Waals surface area contributed by atoms with Crippen LogP contribution in [-0.4, -0.2) is 96.0 Å². The zero-order chi connectivity index (χ0) is 54.3. The summed E-state index contributed by atoms with van der Waals surface area (Å²) < 4.78 is 12.1. The Bertz CT molecular complexity index is 3500. The SMILES string of the molecule is C#Cc1cc(C(=O)Nc2cnc(OCCN(C)C)c(Cl)c2)ccc1C.Cc1ccc(C(=O)Nc2cnc(OCCN(C)C)c(Cl)c2)cc1C#Cc1c(N)ncc2ccc(Cl)cc12.Nc1ncc2ccc(Cl)cc2c1I. The number of hydrogen-bond acceptors (Lipinski definition) is 12. The largest absolute Gasteiger partial charge is 0.475 e. The van der Waals surface area contributed by atoms with Crippen molar-refractivity contribution in [2.24, 2.45) is 0 Å². The van der Waals surface area contributed by atoms with E-state index in [0.717, 1.165) is 54.4 Å². The van der Waals surface area contributed by atoms with Crippen LogP contribution in [0.5, 0.6) is 11.8 Å². The number of aryl methyl sites for hydroxylation is 2. The highest BCUT2D eigenvalue weighted by Crippen LogP contribution is 2.29. The van der Waals surface area contributed by atoms with Crippen LogP contribution in [0.1, 0.15) is 48.5 Å². The van der Waals surface area contributed by atoms with Crippen molar-refractivity contribution in [3.63, 3.8) is 0 Å². The van der Waals surface area contributed by atoms with Gasteiger partial charge in [0.1, 0.15) is 34.9 Å². The second-order valence-electron chi connectivity index (χ2n) is 17.1. The number of carbonyl (C=O) groups excluding carboxylic acids is 2. The molecule has 0 aliphatic carbocycles. The number of aromatic nitrogens is 4. The molecule has 8 aromatic rings. The van der Waals surface area contributed by atoms with Crippen LogP contribution in [0.2, 0.25) is 20.1 Å². The summed E-state index contributed by atoms with van der Waals surface area (Å²) in [6, 6.07) is 24.9. The number of terminal acetylenes is 1. The molecule has 0 bridgehead atoms. The molecule has 19 heteroatoms. The van der Waals surface area contributed by atoms with Gasteiger partial charge in [0.15, 0.2) is 0 Å². The van der Waals surface area contributed by atoms with Crippen molar-refractivity contribution in [3.05, 3.63) is 172 Å². The summed E-state index contributed by atoms with van der Waals surface area (Å²) in [5.74, 6) is 9.74. The molecule has 0 radical (unpaired) electrons. The Kier molecular flexibility index (Phi) is 20.7. The number of halogens is 5. The number of ether oxygens (including phenoxy) is 2. The fourth-order valence-electron chi connectivity index (χ4n) is 6.70. The second-order valence-corrected chi connectivity index (χ2v) is 19.9. The number of hydrogen-bond donors (Lipinski definition) is 4. The van der Waals surface area contributed by atoms with Gasteiger partial charge in [0.25, 0.3) is 11.8 Å². The van der Waals surface area contributed by atoms with E-state index in [4.69, 9.17) is 73.8 Å². The van der Waals surface area contributed by atoms with Gasteiger partial charge in [0, 0.05) is 79.3 Å². The lowest BCUT2D eigenvalue weighted by molar-refractivity contribution is 0.101. The van der Waals surface area contributed by atoms with Crippen molar-refractivity contribution >= 4 is 125 Å². The Balaban J connectivity index is 0.000000206. The minimum Gasteiger partial charge on any atom is -0.475 e. The summed E-state index contributed by atoms with van der Waals surface area (Å²) in [5.41, 5.74) is 17.5. The van der Waals surface area contributed by atoms with Crippen LogP contribution in [0, 0.1) is 41.6 Å². The number of likely N-dealkylation sites (N-methyl/N-ethyl adjacent to an activating group) is 2. The fourth-order valence-corrected chi connectivity index (χ4v) is 8.09. The van der Waals surface area contributed by atoms with Crippen molar-refractivity contribution in [2.45, 2.75) is 13.8 Å². The van der Waals surface area contributed by atoms with Gasteiger partial charge in [0.2, 0.25) is 11.8 Å². The highest BCUT2D eigenvalue weighted by Gasteiger charge is 2.14. The fraction of sp³-hybridized carbons (Fsp3) is 0.179. The van der Waals surface area contributed by atoms with E-state index >= 15 is 0 Å². The van der Waals surface area contributed by atoms with E-state index in [0.29, 0.717) is 90.9 Å². The first-order valence-corrected chi connectivity index (χ1v) is 25.4. The third-order valence-corrected chi connectivity index (χ3v) is 13.0. The van der Waals surface area contributed by atoms with E-state index in [-0.39, 0.29) is 11.8 Å². The highest BCUT2D eigenvalue weighted by atomic mass is 127. The number of fused-ring (bicyclic) bond motifs is 2. The Morgan fingerprint density at radius 1 is 0.613 bits per heavy atom. The molecule has 2 amide bonds. The number of pyridine rings is 4. The minimum atomic E-state index is -0.319. The highest BCUT2D eigenvalue weighted by molar-refractivity contribution is 14.1. The lowest BCUT2D eigenvalue weighted by atomic mass is 10.0. The third kappa shape index (κ3) is 16.3. The standard InChI is InChI=1S/C28H25Cl2N5O2.C19H20ClN3O2.C9H6ClIN2/c1-17-4-5-19(27(36)34-22-14-25(30)28(33-16-22)37-11-10-35(2)3)12-18(17)7-9-23-24-13-21(29)8-6-20(24)15-32-26(23)31;1-5-14-10-15(7-6-13(14)2)18(24)22-16-11-17(20)19(21-12-16)25-9-8-23(3)4;10-6-2-1-5-4-13-9(12)8(11)7(5)3-6/h4-6,8,12-16H,10-11H2,1-3H3,(H2,31,32)(H,34,36);1,6-7,10-12H,8-9H2,2-4H3,(H,22,24);1-4H,(H2,12,13). The van der Waals surface area contributed by atoms with Crippen molar-refractivity contribution < 1.29 is 19.1 Å². The Morgan fingerprint density at radius 2 is 1.08 bits per heavy atom. The summed E-state index contributed by atoms with van der Waals surface area (Å²) in [6.07, 6.45) is 11.9. The zero-order valence-electron chi connectivity index (χ0n) is 41.7. The number of benzene rings is 4. The van der Waals surface area contributed by atoms with Crippen LogP contribution in [-0.2, 0) is 0 Å². The molecule has 0 atom stereocenters. The number of nitrogens with one attached hydrogen (secondary N) is 2. The van der Waals surface area contributed by atoms with Crippen molar-refractivity contribution in [1.82, 2.24) is 29.7 Å². The molecule has 75 heavy (non-hydrogen) atoms. The number of amides is 2. The van der Waals surface area contributed by atoms with E-state index < -0.39 is 0 Å². The van der Waals surface area contributed by atoms with Crippen molar-refractivity contribution in [3.8, 4) is 35.9 Å². The molecule has 0 aliphatic rings. The molecular formula is C56H51Cl4IN10O4. The molecule has 4 aromatic carbocycles.